The number of likely N-dealkylation sites (tertiary alicyclic amines) is 1. The number of aromatic amines is 1. The molecule has 0 radical (unpaired) electrons. The van der Waals surface area contributed by atoms with Crippen LogP contribution in [0.4, 0.5) is 5.82 Å². The van der Waals surface area contributed by atoms with Gasteiger partial charge in [0.2, 0.25) is 0 Å². The standard InChI is InChI=1S/C22H26N4O2/c1-3-28-20-9-6-12-23-21(20)25(2)16-10-13-26(14-11-16)22(27)18-15-24-19-8-5-4-7-17(18)19/h4-9,12,15-16,24H,3,10-11,13-14H2,1-2H3. The second-order valence-electron chi connectivity index (χ2n) is 7.14. The highest BCUT2D eigenvalue weighted by Crippen LogP contribution is 2.29. The molecule has 1 aliphatic heterocycles. The van der Waals surface area contributed by atoms with Gasteiger partial charge in [-0.3, -0.25) is 4.79 Å². The van der Waals surface area contributed by atoms with Gasteiger partial charge in [0.15, 0.2) is 11.6 Å². The number of nitrogens with one attached hydrogen (secondary N) is 1. The predicted molar refractivity (Wildman–Crippen MR) is 111 cm³/mol. The lowest BCUT2D eigenvalue weighted by atomic mass is 10.0. The number of nitrogens with zero attached hydrogens (tertiary/aromatic N) is 3. The molecule has 6 nitrogen and oxygen atoms in total. The molecule has 4 rings (SSSR count). The third-order valence-corrected chi connectivity index (χ3v) is 5.50. The van der Waals surface area contributed by atoms with Gasteiger partial charge in [0.1, 0.15) is 0 Å². The molecule has 2 aromatic heterocycles. The Morgan fingerprint density at radius 1 is 1.25 bits per heavy atom. The van der Waals surface area contributed by atoms with Crippen LogP contribution in [0.3, 0.4) is 0 Å². The Labute approximate surface area is 165 Å². The van der Waals surface area contributed by atoms with Gasteiger partial charge in [0.25, 0.3) is 5.91 Å². The number of benzene rings is 1. The van der Waals surface area contributed by atoms with Gasteiger partial charge in [-0.05, 0) is 38.0 Å². The molecule has 146 valence electrons. The van der Waals surface area contributed by atoms with Gasteiger partial charge in [0.05, 0.1) is 12.2 Å². The zero-order chi connectivity index (χ0) is 19.5. The van der Waals surface area contributed by atoms with Crippen LogP contribution >= 0.6 is 0 Å². The van der Waals surface area contributed by atoms with Crippen molar-refractivity contribution in [3.8, 4) is 5.75 Å². The van der Waals surface area contributed by atoms with E-state index in [1.807, 2.05) is 54.4 Å². The van der Waals surface area contributed by atoms with Gasteiger partial charge in [-0.1, -0.05) is 18.2 Å². The summed E-state index contributed by atoms with van der Waals surface area (Å²) in [4.78, 5) is 24.9. The number of rotatable bonds is 5. The summed E-state index contributed by atoms with van der Waals surface area (Å²) in [6.45, 7) is 4.07. The van der Waals surface area contributed by atoms with E-state index in [-0.39, 0.29) is 5.91 Å². The maximum absolute atomic E-state index is 13.0. The summed E-state index contributed by atoms with van der Waals surface area (Å²) < 4.78 is 5.73. The number of hydrogen-bond acceptors (Lipinski definition) is 4. The average Bonchev–Trinajstić information content (AvgIpc) is 3.18. The Morgan fingerprint density at radius 3 is 2.82 bits per heavy atom. The molecule has 0 bridgehead atoms. The number of hydrogen-bond donors (Lipinski definition) is 1. The molecule has 3 heterocycles. The number of amides is 1. The minimum absolute atomic E-state index is 0.103. The average molecular weight is 378 g/mol. The second-order valence-corrected chi connectivity index (χ2v) is 7.14. The first-order valence-electron chi connectivity index (χ1n) is 9.85. The monoisotopic (exact) mass is 378 g/mol. The van der Waals surface area contributed by atoms with Gasteiger partial charge < -0.3 is 19.5 Å². The molecular weight excluding hydrogens is 352 g/mol. The number of fused-ring (bicyclic) bond motifs is 1. The molecule has 0 atom stereocenters. The number of H-pyrrole nitrogens is 1. The first kappa shape index (κ1) is 18.3. The van der Waals surface area contributed by atoms with E-state index in [2.05, 4.69) is 21.9 Å². The minimum Gasteiger partial charge on any atom is -0.490 e. The van der Waals surface area contributed by atoms with Crippen molar-refractivity contribution < 1.29 is 9.53 Å². The van der Waals surface area contributed by atoms with Crippen molar-refractivity contribution in [1.82, 2.24) is 14.9 Å². The number of ether oxygens (including phenoxy) is 1. The molecule has 1 N–H and O–H groups in total. The van der Waals surface area contributed by atoms with Gasteiger partial charge in [-0.25, -0.2) is 4.98 Å². The number of anilines is 1. The smallest absolute Gasteiger partial charge is 0.256 e. The van der Waals surface area contributed by atoms with Gasteiger partial charge in [0, 0.05) is 49.5 Å². The summed E-state index contributed by atoms with van der Waals surface area (Å²) in [5.74, 6) is 1.78. The number of aromatic nitrogens is 2. The number of pyridine rings is 1. The van der Waals surface area contributed by atoms with Crippen molar-refractivity contribution in [3.05, 3.63) is 54.4 Å². The fraction of sp³-hybridized carbons (Fsp3) is 0.364. The molecular formula is C22H26N4O2. The predicted octanol–water partition coefficient (Wildman–Crippen LogP) is 3.70. The highest BCUT2D eigenvalue weighted by Gasteiger charge is 2.28. The van der Waals surface area contributed by atoms with E-state index in [4.69, 9.17) is 4.74 Å². The molecule has 1 saturated heterocycles. The van der Waals surface area contributed by atoms with Crippen molar-refractivity contribution >= 4 is 22.6 Å². The molecule has 3 aromatic rings. The van der Waals surface area contributed by atoms with E-state index in [9.17, 15) is 4.79 Å². The first-order valence-corrected chi connectivity index (χ1v) is 9.85. The largest absolute Gasteiger partial charge is 0.490 e. The Bertz CT molecular complexity index is 960. The lowest BCUT2D eigenvalue weighted by Gasteiger charge is -2.37. The molecule has 1 amide bonds. The highest BCUT2D eigenvalue weighted by atomic mass is 16.5. The second kappa shape index (κ2) is 7.92. The third-order valence-electron chi connectivity index (χ3n) is 5.50. The molecule has 1 fully saturated rings. The van der Waals surface area contributed by atoms with Crippen LogP contribution < -0.4 is 9.64 Å². The maximum Gasteiger partial charge on any atom is 0.256 e. The summed E-state index contributed by atoms with van der Waals surface area (Å²) in [5, 5.41) is 0.988. The quantitative estimate of drug-likeness (QED) is 0.735. The molecule has 0 spiro atoms. The molecule has 1 aromatic carbocycles. The number of carbonyl (C=O) groups is 1. The Hall–Kier alpha value is -3.02. The molecule has 28 heavy (non-hydrogen) atoms. The maximum atomic E-state index is 13.0. The molecule has 1 aliphatic rings. The molecule has 0 aliphatic carbocycles. The van der Waals surface area contributed by atoms with Gasteiger partial charge >= 0.3 is 0 Å². The summed E-state index contributed by atoms with van der Waals surface area (Å²) in [6.07, 6.45) is 5.44. The van der Waals surface area contributed by atoms with E-state index in [1.165, 1.54) is 0 Å². The van der Waals surface area contributed by atoms with E-state index in [0.29, 0.717) is 12.6 Å². The van der Waals surface area contributed by atoms with Gasteiger partial charge in [-0.15, -0.1) is 0 Å². The van der Waals surface area contributed by atoms with E-state index in [1.54, 1.807) is 6.20 Å². The fourth-order valence-corrected chi connectivity index (χ4v) is 3.96. The van der Waals surface area contributed by atoms with Gasteiger partial charge in [-0.2, -0.15) is 0 Å². The van der Waals surface area contributed by atoms with Crippen LogP contribution in [-0.4, -0.2) is 53.6 Å². The van der Waals surface area contributed by atoms with Crippen molar-refractivity contribution in [2.75, 3.05) is 31.6 Å². The fourth-order valence-electron chi connectivity index (χ4n) is 3.96. The van der Waals surface area contributed by atoms with Crippen LogP contribution in [-0.2, 0) is 0 Å². The minimum atomic E-state index is 0.103. The Kier molecular flexibility index (Phi) is 5.19. The number of para-hydroxylation sites is 1. The normalized spacial score (nSPS) is 15.0. The van der Waals surface area contributed by atoms with Crippen LogP contribution in [0.5, 0.6) is 5.75 Å². The first-order chi connectivity index (χ1) is 13.7. The SMILES string of the molecule is CCOc1cccnc1N(C)C1CCN(C(=O)c2c[nH]c3ccccc23)CC1. The zero-order valence-electron chi connectivity index (χ0n) is 16.4. The lowest BCUT2D eigenvalue weighted by Crippen LogP contribution is -2.46. The molecule has 0 unspecified atom stereocenters. The third kappa shape index (κ3) is 3.42. The summed E-state index contributed by atoms with van der Waals surface area (Å²) in [6, 6.07) is 12.1. The van der Waals surface area contributed by atoms with E-state index < -0.39 is 0 Å². The van der Waals surface area contributed by atoms with Crippen LogP contribution in [0.2, 0.25) is 0 Å². The van der Waals surface area contributed by atoms with Crippen LogP contribution in [0.1, 0.15) is 30.1 Å². The van der Waals surface area contributed by atoms with Crippen LogP contribution in [0.15, 0.2) is 48.8 Å². The van der Waals surface area contributed by atoms with E-state index >= 15 is 0 Å². The summed E-state index contributed by atoms with van der Waals surface area (Å²) in [7, 11) is 2.06. The number of carbonyl (C=O) groups excluding carboxylic acids is 1. The molecule has 0 saturated carbocycles. The Balaban J connectivity index is 1.44. The summed E-state index contributed by atoms with van der Waals surface area (Å²) in [5.41, 5.74) is 1.75. The van der Waals surface area contributed by atoms with E-state index in [0.717, 1.165) is 54.0 Å². The van der Waals surface area contributed by atoms with Crippen molar-refractivity contribution in [2.24, 2.45) is 0 Å². The summed E-state index contributed by atoms with van der Waals surface area (Å²) >= 11 is 0. The van der Waals surface area contributed by atoms with Crippen LogP contribution in [0.25, 0.3) is 10.9 Å². The highest BCUT2D eigenvalue weighted by molar-refractivity contribution is 6.06. The topological polar surface area (TPSA) is 61.5 Å². The Morgan fingerprint density at radius 2 is 2.04 bits per heavy atom. The van der Waals surface area contributed by atoms with Crippen molar-refractivity contribution in [3.63, 3.8) is 0 Å². The van der Waals surface area contributed by atoms with Crippen molar-refractivity contribution in [2.45, 2.75) is 25.8 Å². The lowest BCUT2D eigenvalue weighted by molar-refractivity contribution is 0.0715. The number of piperidine rings is 1. The zero-order valence-corrected chi connectivity index (χ0v) is 16.4. The van der Waals surface area contributed by atoms with Crippen molar-refractivity contribution in [1.29, 1.82) is 0 Å². The van der Waals surface area contributed by atoms with Crippen LogP contribution in [0, 0.1) is 0 Å². The molecule has 6 heteroatoms.